The molecular formula is C24H19BClF4N. The normalized spacial score (nSPS) is 15.3. The first kappa shape index (κ1) is 21.4. The van der Waals surface area contributed by atoms with E-state index in [0.717, 1.165) is 18.0 Å². The van der Waals surface area contributed by atoms with Crippen molar-refractivity contribution in [2.45, 2.75) is 18.9 Å². The summed E-state index contributed by atoms with van der Waals surface area (Å²) in [6.45, 7) is 1.03. The van der Waals surface area contributed by atoms with Gasteiger partial charge in [-0.25, -0.2) is 0 Å². The van der Waals surface area contributed by atoms with Gasteiger partial charge in [-0.05, 0) is 23.3 Å². The van der Waals surface area contributed by atoms with E-state index in [1.54, 1.807) is 0 Å². The van der Waals surface area contributed by atoms with Crippen molar-refractivity contribution in [2.75, 3.05) is 0 Å². The summed E-state index contributed by atoms with van der Waals surface area (Å²) in [5, 5.41) is 2.05. The Bertz CT molecular complexity index is 1190. The predicted molar refractivity (Wildman–Crippen MR) is 118 cm³/mol. The van der Waals surface area contributed by atoms with Crippen LogP contribution in [0.1, 0.15) is 23.5 Å². The molecular weight excluding hydrogens is 425 g/mol. The van der Waals surface area contributed by atoms with Crippen LogP contribution in [0.5, 0.6) is 0 Å². The topological polar surface area (TPSA) is 3.88 Å². The Hall–Kier alpha value is -2.86. The lowest BCUT2D eigenvalue weighted by Gasteiger charge is -2.23. The highest BCUT2D eigenvalue weighted by atomic mass is 35.5. The van der Waals surface area contributed by atoms with Gasteiger partial charge in [0, 0.05) is 34.6 Å². The third-order valence-corrected chi connectivity index (χ3v) is 5.64. The molecule has 1 aliphatic heterocycles. The van der Waals surface area contributed by atoms with Gasteiger partial charge >= 0.3 is 7.25 Å². The molecule has 0 aliphatic carbocycles. The summed E-state index contributed by atoms with van der Waals surface area (Å²) in [5.41, 5.74) is 6.50. The van der Waals surface area contributed by atoms with Gasteiger partial charge in [0.1, 0.15) is 6.54 Å². The lowest BCUT2D eigenvalue weighted by atomic mass is 9.84. The first-order valence-electron chi connectivity index (χ1n) is 9.94. The van der Waals surface area contributed by atoms with Gasteiger partial charge in [0.25, 0.3) is 0 Å². The molecule has 158 valence electrons. The van der Waals surface area contributed by atoms with Crippen LogP contribution in [0.3, 0.4) is 0 Å². The lowest BCUT2D eigenvalue weighted by molar-refractivity contribution is -0.674. The van der Waals surface area contributed by atoms with E-state index in [4.69, 9.17) is 11.6 Å². The maximum absolute atomic E-state index is 9.75. The largest absolute Gasteiger partial charge is 0.673 e. The van der Waals surface area contributed by atoms with E-state index < -0.39 is 7.25 Å². The van der Waals surface area contributed by atoms with E-state index >= 15 is 0 Å². The van der Waals surface area contributed by atoms with Crippen molar-refractivity contribution in [2.24, 2.45) is 0 Å². The Labute approximate surface area is 183 Å². The molecule has 1 nitrogen and oxygen atoms in total. The Morgan fingerprint density at radius 3 is 2.10 bits per heavy atom. The van der Waals surface area contributed by atoms with Crippen molar-refractivity contribution in [1.29, 1.82) is 0 Å². The molecule has 0 saturated heterocycles. The van der Waals surface area contributed by atoms with Gasteiger partial charge in [-0.2, -0.15) is 4.57 Å². The number of halogens is 5. The highest BCUT2D eigenvalue weighted by molar-refractivity contribution is 6.50. The SMILES string of the molecule is Clc1cc2c3c(c1)c(-c1ccccc1)cc[n+]3CCC2c1ccccc1.F[B-](F)(F)F. The van der Waals surface area contributed by atoms with Crippen LogP contribution < -0.4 is 4.57 Å². The molecule has 1 aliphatic rings. The number of pyridine rings is 1. The zero-order valence-corrected chi connectivity index (χ0v) is 17.2. The van der Waals surface area contributed by atoms with Crippen molar-refractivity contribution in [3.8, 4) is 11.1 Å². The average molecular weight is 444 g/mol. The molecule has 1 aromatic heterocycles. The molecule has 0 N–H and O–H groups in total. The van der Waals surface area contributed by atoms with Crippen LogP contribution in [0.4, 0.5) is 17.3 Å². The summed E-state index contributed by atoms with van der Waals surface area (Å²) >= 11 is 6.58. The van der Waals surface area contributed by atoms with Crippen molar-refractivity contribution in [3.63, 3.8) is 0 Å². The van der Waals surface area contributed by atoms with E-state index in [1.807, 2.05) is 0 Å². The van der Waals surface area contributed by atoms with Gasteiger partial charge in [-0.3, -0.25) is 0 Å². The molecule has 5 rings (SSSR count). The Balaban J connectivity index is 0.000000418. The standard InChI is InChI=1S/C24H19ClN.BF4/c25-19-15-22-20(17-7-3-1-4-8-17)11-13-26-14-12-21(23(16-19)24(22)26)18-9-5-2-6-10-18;2-1(3,4)5/h1-11,13,15-16,21H,12,14H2;/q+1;-1. The number of hydrogen-bond donors (Lipinski definition) is 0. The van der Waals surface area contributed by atoms with Crippen molar-refractivity contribution >= 4 is 29.8 Å². The summed E-state index contributed by atoms with van der Waals surface area (Å²) in [6.07, 6.45) is 3.32. The molecule has 0 spiro atoms. The van der Waals surface area contributed by atoms with Crippen LogP contribution in [-0.2, 0) is 6.54 Å². The van der Waals surface area contributed by atoms with E-state index in [2.05, 4.69) is 89.6 Å². The third kappa shape index (κ3) is 4.91. The van der Waals surface area contributed by atoms with Gasteiger partial charge in [-0.1, -0.05) is 72.3 Å². The monoisotopic (exact) mass is 443 g/mol. The number of aryl methyl sites for hydroxylation is 1. The second-order valence-corrected chi connectivity index (χ2v) is 7.86. The van der Waals surface area contributed by atoms with Crippen LogP contribution in [0.2, 0.25) is 5.02 Å². The van der Waals surface area contributed by atoms with E-state index in [1.165, 1.54) is 33.2 Å². The quantitative estimate of drug-likeness (QED) is 0.174. The van der Waals surface area contributed by atoms with Crippen molar-refractivity contribution < 1.29 is 21.8 Å². The second-order valence-electron chi connectivity index (χ2n) is 7.43. The van der Waals surface area contributed by atoms with E-state index in [-0.39, 0.29) is 0 Å². The van der Waals surface area contributed by atoms with Gasteiger partial charge in [0.05, 0.1) is 5.39 Å². The van der Waals surface area contributed by atoms with Gasteiger partial charge < -0.3 is 17.3 Å². The molecule has 1 atom stereocenters. The molecule has 0 radical (unpaired) electrons. The molecule has 7 heteroatoms. The number of rotatable bonds is 2. The Morgan fingerprint density at radius 1 is 0.839 bits per heavy atom. The fraction of sp³-hybridized carbons (Fsp3) is 0.125. The maximum Gasteiger partial charge on any atom is 0.673 e. The fourth-order valence-corrected chi connectivity index (χ4v) is 4.48. The Kier molecular flexibility index (Phi) is 6.01. The third-order valence-electron chi connectivity index (χ3n) is 5.42. The number of benzene rings is 3. The van der Waals surface area contributed by atoms with Crippen molar-refractivity contribution in [1.82, 2.24) is 0 Å². The Morgan fingerprint density at radius 2 is 1.45 bits per heavy atom. The zero-order chi connectivity index (χ0) is 22.0. The fourth-order valence-electron chi connectivity index (χ4n) is 4.25. The molecule has 0 bridgehead atoms. The minimum Gasteiger partial charge on any atom is -0.418 e. The highest BCUT2D eigenvalue weighted by Crippen LogP contribution is 2.39. The first-order chi connectivity index (χ1) is 14.8. The summed E-state index contributed by atoms with van der Waals surface area (Å²) < 4.78 is 41.4. The van der Waals surface area contributed by atoms with Crippen LogP contribution >= 0.6 is 11.6 Å². The second kappa shape index (κ2) is 8.71. The number of aromatic nitrogens is 1. The molecule has 0 fully saturated rings. The van der Waals surface area contributed by atoms with Gasteiger partial charge in [0.15, 0.2) is 6.20 Å². The van der Waals surface area contributed by atoms with Crippen LogP contribution in [0.15, 0.2) is 85.1 Å². The summed E-state index contributed by atoms with van der Waals surface area (Å²) in [7, 11) is -6.00. The summed E-state index contributed by atoms with van der Waals surface area (Å²) in [4.78, 5) is 0. The minimum absolute atomic E-state index is 0.392. The molecule has 1 unspecified atom stereocenters. The van der Waals surface area contributed by atoms with Crippen LogP contribution in [0, 0.1) is 0 Å². The van der Waals surface area contributed by atoms with Gasteiger partial charge in [-0.15, -0.1) is 0 Å². The molecule has 31 heavy (non-hydrogen) atoms. The molecule has 3 aromatic carbocycles. The number of hydrogen-bond acceptors (Lipinski definition) is 0. The summed E-state index contributed by atoms with van der Waals surface area (Å²) in [5.74, 6) is 0.392. The highest BCUT2D eigenvalue weighted by Gasteiger charge is 2.30. The van der Waals surface area contributed by atoms with E-state index in [9.17, 15) is 17.3 Å². The average Bonchev–Trinajstić information content (AvgIpc) is 2.74. The predicted octanol–water partition coefficient (Wildman–Crippen LogP) is 7.28. The van der Waals surface area contributed by atoms with Crippen molar-refractivity contribution in [3.05, 3.63) is 101 Å². The molecule has 0 saturated carbocycles. The molecule has 0 amide bonds. The zero-order valence-electron chi connectivity index (χ0n) is 16.5. The van der Waals surface area contributed by atoms with Crippen LogP contribution in [0.25, 0.3) is 22.0 Å². The summed E-state index contributed by atoms with van der Waals surface area (Å²) in [6, 6.07) is 27.9. The molecule has 4 aromatic rings. The number of nitrogens with zero attached hydrogens (tertiary/aromatic N) is 1. The van der Waals surface area contributed by atoms with E-state index in [0.29, 0.717) is 5.92 Å². The minimum atomic E-state index is -6.00. The molecule has 2 heterocycles. The lowest BCUT2D eigenvalue weighted by Crippen LogP contribution is -2.39. The maximum atomic E-state index is 9.75. The van der Waals surface area contributed by atoms with Crippen LogP contribution in [-0.4, -0.2) is 7.25 Å². The smallest absolute Gasteiger partial charge is 0.418 e. The van der Waals surface area contributed by atoms with Gasteiger partial charge in [0.2, 0.25) is 5.52 Å². The first-order valence-corrected chi connectivity index (χ1v) is 10.3.